The van der Waals surface area contributed by atoms with E-state index in [1.807, 2.05) is 50.2 Å². The molecule has 18 heavy (non-hydrogen) atoms. The summed E-state index contributed by atoms with van der Waals surface area (Å²) in [5.41, 5.74) is 1.04. The Hall–Kier alpha value is -2.16. The third-order valence-electron chi connectivity index (χ3n) is 3.30. The van der Waals surface area contributed by atoms with E-state index in [9.17, 15) is 9.59 Å². The van der Waals surface area contributed by atoms with Crippen LogP contribution in [-0.4, -0.2) is 22.8 Å². The van der Waals surface area contributed by atoms with E-state index in [2.05, 4.69) is 0 Å². The van der Waals surface area contributed by atoms with E-state index in [-0.39, 0.29) is 17.9 Å². The summed E-state index contributed by atoms with van der Waals surface area (Å²) in [5.74, 6) is -0.369. The summed E-state index contributed by atoms with van der Waals surface area (Å²) in [6.07, 6.45) is 0. The van der Waals surface area contributed by atoms with Crippen LogP contribution in [0, 0.1) is 0 Å². The van der Waals surface area contributed by atoms with Gasteiger partial charge in [0.25, 0.3) is 11.8 Å². The predicted octanol–water partition coefficient (Wildman–Crippen LogP) is 2.84. The van der Waals surface area contributed by atoms with Crippen molar-refractivity contribution in [2.45, 2.75) is 19.9 Å². The summed E-state index contributed by atoms with van der Waals surface area (Å²) in [6.45, 7) is 3.70. The number of imide groups is 1. The lowest BCUT2D eigenvalue weighted by molar-refractivity contribution is 0.0609. The van der Waals surface area contributed by atoms with Gasteiger partial charge in [0.2, 0.25) is 0 Å². The van der Waals surface area contributed by atoms with Gasteiger partial charge in [-0.05, 0) is 36.8 Å². The first-order valence-corrected chi connectivity index (χ1v) is 6.00. The third kappa shape index (κ3) is 1.37. The van der Waals surface area contributed by atoms with Crippen molar-refractivity contribution in [2.24, 2.45) is 0 Å². The van der Waals surface area contributed by atoms with Gasteiger partial charge in [0, 0.05) is 6.04 Å². The maximum absolute atomic E-state index is 12.2. The van der Waals surface area contributed by atoms with Gasteiger partial charge in [0.1, 0.15) is 0 Å². The van der Waals surface area contributed by atoms with E-state index >= 15 is 0 Å². The van der Waals surface area contributed by atoms with Crippen LogP contribution in [0.1, 0.15) is 34.6 Å². The van der Waals surface area contributed by atoms with E-state index in [4.69, 9.17) is 0 Å². The molecule has 0 unspecified atom stereocenters. The van der Waals surface area contributed by atoms with E-state index in [0.29, 0.717) is 11.1 Å². The van der Waals surface area contributed by atoms with Gasteiger partial charge in [-0.3, -0.25) is 14.5 Å². The van der Waals surface area contributed by atoms with Crippen LogP contribution >= 0.6 is 0 Å². The summed E-state index contributed by atoms with van der Waals surface area (Å²) < 4.78 is 0. The molecule has 0 saturated heterocycles. The number of amides is 2. The monoisotopic (exact) mass is 239 g/mol. The minimum atomic E-state index is -0.184. The van der Waals surface area contributed by atoms with Crippen LogP contribution in [0.5, 0.6) is 0 Å². The summed E-state index contributed by atoms with van der Waals surface area (Å²) in [6, 6.07) is 11.3. The molecule has 2 amide bonds. The van der Waals surface area contributed by atoms with Gasteiger partial charge >= 0.3 is 0 Å². The molecule has 0 radical (unpaired) electrons. The lowest BCUT2D eigenvalue weighted by Gasteiger charge is -2.17. The first kappa shape index (κ1) is 11.0. The molecule has 0 aromatic heterocycles. The van der Waals surface area contributed by atoms with Crippen LogP contribution in [-0.2, 0) is 0 Å². The van der Waals surface area contributed by atoms with Gasteiger partial charge < -0.3 is 0 Å². The zero-order valence-electron chi connectivity index (χ0n) is 10.3. The van der Waals surface area contributed by atoms with Crippen LogP contribution in [0.2, 0.25) is 0 Å². The highest BCUT2D eigenvalue weighted by atomic mass is 16.2. The van der Waals surface area contributed by atoms with Crippen molar-refractivity contribution in [1.29, 1.82) is 0 Å². The number of hydrogen-bond acceptors (Lipinski definition) is 2. The third-order valence-corrected chi connectivity index (χ3v) is 3.30. The maximum Gasteiger partial charge on any atom is 0.261 e. The molecule has 2 aromatic carbocycles. The number of benzene rings is 2. The van der Waals surface area contributed by atoms with Crippen LogP contribution < -0.4 is 0 Å². The van der Waals surface area contributed by atoms with Crippen LogP contribution in [0.15, 0.2) is 36.4 Å². The van der Waals surface area contributed by atoms with Gasteiger partial charge in [-0.25, -0.2) is 0 Å². The summed E-state index contributed by atoms with van der Waals surface area (Å²) in [4.78, 5) is 25.7. The molecular weight excluding hydrogens is 226 g/mol. The highest BCUT2D eigenvalue weighted by molar-refractivity contribution is 6.23. The molecular formula is C15H13NO2. The summed E-state index contributed by atoms with van der Waals surface area (Å²) in [5, 5.41) is 1.98. The maximum atomic E-state index is 12.2. The first-order valence-electron chi connectivity index (χ1n) is 6.00. The second-order valence-electron chi connectivity index (χ2n) is 4.82. The molecule has 3 heteroatoms. The van der Waals surface area contributed by atoms with Crippen LogP contribution in [0.3, 0.4) is 0 Å². The van der Waals surface area contributed by atoms with Gasteiger partial charge in [-0.2, -0.15) is 0 Å². The molecule has 3 nitrogen and oxygen atoms in total. The molecule has 0 spiro atoms. The highest BCUT2D eigenvalue weighted by Gasteiger charge is 2.37. The molecule has 1 heterocycles. The summed E-state index contributed by atoms with van der Waals surface area (Å²) >= 11 is 0. The lowest BCUT2D eigenvalue weighted by Crippen LogP contribution is -2.35. The van der Waals surface area contributed by atoms with Crippen molar-refractivity contribution >= 4 is 22.6 Å². The summed E-state index contributed by atoms with van der Waals surface area (Å²) in [7, 11) is 0. The van der Waals surface area contributed by atoms with Crippen molar-refractivity contribution in [1.82, 2.24) is 4.90 Å². The molecule has 0 saturated carbocycles. The largest absolute Gasteiger partial charge is 0.272 e. The van der Waals surface area contributed by atoms with Gasteiger partial charge in [-0.1, -0.05) is 24.3 Å². The molecule has 0 atom stereocenters. The molecule has 0 bridgehead atoms. The normalized spacial score (nSPS) is 14.7. The Balaban J connectivity index is 2.26. The van der Waals surface area contributed by atoms with Gasteiger partial charge in [0.15, 0.2) is 0 Å². The average molecular weight is 239 g/mol. The van der Waals surface area contributed by atoms with Crippen molar-refractivity contribution < 1.29 is 9.59 Å². The number of fused-ring (bicyclic) bond motifs is 2. The predicted molar refractivity (Wildman–Crippen MR) is 69.6 cm³/mol. The Kier molecular flexibility index (Phi) is 2.23. The Morgan fingerprint density at radius 3 is 1.72 bits per heavy atom. The number of nitrogens with zero attached hydrogens (tertiary/aromatic N) is 1. The fourth-order valence-electron chi connectivity index (χ4n) is 2.41. The molecule has 0 N–H and O–H groups in total. The van der Waals surface area contributed by atoms with E-state index in [1.165, 1.54) is 4.90 Å². The number of carbonyl (C=O) groups is 2. The fraction of sp³-hybridized carbons (Fsp3) is 0.200. The smallest absolute Gasteiger partial charge is 0.261 e. The Morgan fingerprint density at radius 1 is 0.889 bits per heavy atom. The van der Waals surface area contributed by atoms with Crippen molar-refractivity contribution in [2.75, 3.05) is 0 Å². The van der Waals surface area contributed by atoms with E-state index in [0.717, 1.165) is 10.8 Å². The lowest BCUT2D eigenvalue weighted by atomic mass is 10.0. The van der Waals surface area contributed by atoms with Crippen LogP contribution in [0.25, 0.3) is 10.8 Å². The average Bonchev–Trinajstić information content (AvgIpc) is 2.59. The van der Waals surface area contributed by atoms with Crippen LogP contribution in [0.4, 0.5) is 0 Å². The fourth-order valence-corrected chi connectivity index (χ4v) is 2.41. The SMILES string of the molecule is CC(C)N1C(=O)c2cc3ccccc3cc2C1=O. The number of rotatable bonds is 1. The molecule has 0 aliphatic carbocycles. The topological polar surface area (TPSA) is 37.4 Å². The molecule has 1 aliphatic heterocycles. The quantitative estimate of drug-likeness (QED) is 0.717. The highest BCUT2D eigenvalue weighted by Crippen LogP contribution is 2.28. The number of carbonyl (C=O) groups excluding carboxylic acids is 2. The van der Waals surface area contributed by atoms with E-state index in [1.54, 1.807) is 0 Å². The zero-order valence-corrected chi connectivity index (χ0v) is 10.3. The Labute approximate surface area is 105 Å². The minimum Gasteiger partial charge on any atom is -0.272 e. The Morgan fingerprint density at radius 2 is 1.33 bits per heavy atom. The zero-order chi connectivity index (χ0) is 12.9. The number of hydrogen-bond donors (Lipinski definition) is 0. The van der Waals surface area contributed by atoms with Crippen molar-refractivity contribution in [3.8, 4) is 0 Å². The molecule has 0 fully saturated rings. The van der Waals surface area contributed by atoms with Crippen molar-refractivity contribution in [3.63, 3.8) is 0 Å². The molecule has 90 valence electrons. The van der Waals surface area contributed by atoms with Gasteiger partial charge in [-0.15, -0.1) is 0 Å². The van der Waals surface area contributed by atoms with Crippen molar-refractivity contribution in [3.05, 3.63) is 47.5 Å². The second-order valence-corrected chi connectivity index (χ2v) is 4.82. The molecule has 1 aliphatic rings. The Bertz CT molecular complexity index is 619. The standard InChI is InChI=1S/C15H13NO2/c1-9(2)16-14(17)12-7-10-5-3-4-6-11(10)8-13(12)15(16)18/h3-9H,1-2H3. The molecule has 2 aromatic rings. The van der Waals surface area contributed by atoms with E-state index < -0.39 is 0 Å². The minimum absolute atomic E-state index is 0.111. The first-order chi connectivity index (χ1) is 8.59. The molecule has 3 rings (SSSR count). The second kappa shape index (κ2) is 3.67. The van der Waals surface area contributed by atoms with Gasteiger partial charge in [0.05, 0.1) is 11.1 Å².